The van der Waals surface area contributed by atoms with Gasteiger partial charge in [0, 0.05) is 20.6 Å². The Kier molecular flexibility index (Phi) is 6.08. The molecule has 7 heteroatoms. The number of hydrogen-bond donors (Lipinski definition) is 1. The number of aryl methyl sites for hydroxylation is 2. The van der Waals surface area contributed by atoms with Crippen LogP contribution in [-0.2, 0) is 5.75 Å². The number of nitrogens with zero attached hydrogens (tertiary/aromatic N) is 2. The number of benzene rings is 2. The zero-order valence-corrected chi connectivity index (χ0v) is 17.5. The average molecular weight is 481 g/mol. The van der Waals surface area contributed by atoms with E-state index in [1.165, 1.54) is 0 Å². The maximum atomic E-state index is 12.5. The van der Waals surface area contributed by atoms with Crippen LogP contribution in [0.4, 0.5) is 5.69 Å². The van der Waals surface area contributed by atoms with E-state index in [-0.39, 0.29) is 5.91 Å². The summed E-state index contributed by atoms with van der Waals surface area (Å²) in [5.74, 6) is 0.668. The highest BCUT2D eigenvalue weighted by atomic mass is 127. The van der Waals surface area contributed by atoms with Crippen molar-refractivity contribution in [2.75, 3.05) is 5.32 Å². The van der Waals surface area contributed by atoms with E-state index in [0.717, 1.165) is 35.5 Å². The molecule has 0 saturated carbocycles. The van der Waals surface area contributed by atoms with Gasteiger partial charge in [-0.3, -0.25) is 4.79 Å². The van der Waals surface area contributed by atoms with Gasteiger partial charge in [-0.15, -0.1) is 10.2 Å². The predicted octanol–water partition coefficient (Wildman–Crippen LogP) is 5.30. The first-order valence-electron chi connectivity index (χ1n) is 7.60. The molecule has 0 unspecified atom stereocenters. The van der Waals surface area contributed by atoms with E-state index in [1.807, 2.05) is 56.3 Å². The number of nitrogens with one attached hydrogen (secondary N) is 1. The van der Waals surface area contributed by atoms with Gasteiger partial charge in [0.05, 0.1) is 0 Å². The minimum Gasteiger partial charge on any atom is -0.322 e. The fourth-order valence-electron chi connectivity index (χ4n) is 2.25. The van der Waals surface area contributed by atoms with Crippen LogP contribution in [0.2, 0.25) is 0 Å². The van der Waals surface area contributed by atoms with Gasteiger partial charge in [0.1, 0.15) is 5.01 Å². The summed E-state index contributed by atoms with van der Waals surface area (Å²) in [6.07, 6.45) is 0. The highest BCUT2D eigenvalue weighted by molar-refractivity contribution is 14.1. The summed E-state index contributed by atoms with van der Waals surface area (Å²) in [7, 11) is 0. The molecule has 0 aliphatic carbocycles. The maximum absolute atomic E-state index is 12.5. The third-order valence-corrected chi connectivity index (χ3v) is 6.21. The minimum absolute atomic E-state index is 0.0945. The Morgan fingerprint density at radius 3 is 2.76 bits per heavy atom. The molecule has 128 valence electrons. The van der Waals surface area contributed by atoms with Gasteiger partial charge in [0.2, 0.25) is 0 Å². The Hall–Kier alpha value is -1.45. The van der Waals surface area contributed by atoms with Crippen LogP contribution in [0, 0.1) is 17.4 Å². The van der Waals surface area contributed by atoms with E-state index in [0.29, 0.717) is 5.56 Å². The molecule has 2 aromatic carbocycles. The van der Waals surface area contributed by atoms with Crippen molar-refractivity contribution in [3.8, 4) is 0 Å². The monoisotopic (exact) mass is 481 g/mol. The van der Waals surface area contributed by atoms with Crippen LogP contribution < -0.4 is 5.32 Å². The van der Waals surface area contributed by atoms with Gasteiger partial charge >= 0.3 is 0 Å². The third kappa shape index (κ3) is 5.02. The fraction of sp³-hybridized carbons (Fsp3) is 0.167. The lowest BCUT2D eigenvalue weighted by atomic mass is 10.1. The van der Waals surface area contributed by atoms with Crippen LogP contribution in [-0.4, -0.2) is 16.1 Å². The lowest BCUT2D eigenvalue weighted by Gasteiger charge is -2.09. The first-order chi connectivity index (χ1) is 12.0. The van der Waals surface area contributed by atoms with Crippen molar-refractivity contribution >= 4 is 57.3 Å². The zero-order valence-electron chi connectivity index (χ0n) is 13.7. The number of anilines is 1. The summed E-state index contributed by atoms with van der Waals surface area (Å²) >= 11 is 5.48. The summed E-state index contributed by atoms with van der Waals surface area (Å²) in [5.41, 5.74) is 3.64. The van der Waals surface area contributed by atoms with Crippen LogP contribution in [0.25, 0.3) is 0 Å². The van der Waals surface area contributed by atoms with E-state index in [9.17, 15) is 4.79 Å². The van der Waals surface area contributed by atoms with Gasteiger partial charge < -0.3 is 5.32 Å². The smallest absolute Gasteiger partial charge is 0.255 e. The fourth-order valence-corrected chi connectivity index (χ4v) is 4.65. The average Bonchev–Trinajstić information content (AvgIpc) is 3.01. The Bertz CT molecular complexity index is 911. The summed E-state index contributed by atoms with van der Waals surface area (Å²) < 4.78 is 2.10. The molecular weight excluding hydrogens is 465 g/mol. The number of carbonyl (C=O) groups excluding carboxylic acids is 1. The van der Waals surface area contributed by atoms with Crippen LogP contribution >= 0.6 is 45.7 Å². The van der Waals surface area contributed by atoms with Crippen molar-refractivity contribution in [1.82, 2.24) is 10.2 Å². The molecule has 25 heavy (non-hydrogen) atoms. The Morgan fingerprint density at radius 1 is 1.20 bits per heavy atom. The lowest BCUT2D eigenvalue weighted by molar-refractivity contribution is 0.102. The third-order valence-electron chi connectivity index (χ3n) is 3.50. The topological polar surface area (TPSA) is 54.9 Å². The molecule has 1 amide bonds. The molecule has 0 saturated heterocycles. The van der Waals surface area contributed by atoms with E-state index in [4.69, 9.17) is 0 Å². The summed E-state index contributed by atoms with van der Waals surface area (Å²) in [6.45, 7) is 3.94. The number of rotatable bonds is 5. The van der Waals surface area contributed by atoms with Crippen molar-refractivity contribution in [3.05, 3.63) is 67.7 Å². The summed E-state index contributed by atoms with van der Waals surface area (Å²) in [4.78, 5) is 12.5. The molecule has 1 N–H and O–H groups in total. The van der Waals surface area contributed by atoms with Gasteiger partial charge in [0.25, 0.3) is 5.91 Å². The van der Waals surface area contributed by atoms with E-state index in [1.54, 1.807) is 23.1 Å². The molecule has 0 radical (unpaired) electrons. The number of carbonyl (C=O) groups is 1. The minimum atomic E-state index is -0.0945. The zero-order chi connectivity index (χ0) is 17.8. The Labute approximate surface area is 168 Å². The molecule has 3 aromatic rings. The molecule has 0 fully saturated rings. The Morgan fingerprint density at radius 2 is 2.04 bits per heavy atom. The second-order valence-corrected chi connectivity index (χ2v) is 9.14. The van der Waals surface area contributed by atoms with Gasteiger partial charge in [-0.1, -0.05) is 35.2 Å². The first kappa shape index (κ1) is 18.3. The molecule has 1 aromatic heterocycles. The van der Waals surface area contributed by atoms with Crippen molar-refractivity contribution in [2.24, 2.45) is 0 Å². The predicted molar refractivity (Wildman–Crippen MR) is 112 cm³/mol. The molecule has 0 aliphatic heterocycles. The van der Waals surface area contributed by atoms with E-state index < -0.39 is 0 Å². The van der Waals surface area contributed by atoms with Crippen LogP contribution in [0.5, 0.6) is 0 Å². The molecular formula is C18H16IN3OS2. The van der Waals surface area contributed by atoms with Crippen molar-refractivity contribution in [2.45, 2.75) is 23.9 Å². The van der Waals surface area contributed by atoms with E-state index >= 15 is 0 Å². The number of thioether (sulfide) groups is 1. The highest BCUT2D eigenvalue weighted by Gasteiger charge is 2.09. The highest BCUT2D eigenvalue weighted by Crippen LogP contribution is 2.26. The first-order valence-corrected chi connectivity index (χ1v) is 10.5. The van der Waals surface area contributed by atoms with Gasteiger partial charge in [0.15, 0.2) is 4.34 Å². The van der Waals surface area contributed by atoms with Crippen LogP contribution in [0.1, 0.15) is 26.5 Å². The largest absolute Gasteiger partial charge is 0.322 e. The molecule has 0 spiro atoms. The molecule has 0 aliphatic rings. The number of halogens is 1. The molecule has 0 bridgehead atoms. The van der Waals surface area contributed by atoms with Gasteiger partial charge in [-0.05, 0) is 77.9 Å². The van der Waals surface area contributed by atoms with Crippen molar-refractivity contribution in [3.63, 3.8) is 0 Å². The molecule has 1 heterocycles. The molecule has 0 atom stereocenters. The second-order valence-electron chi connectivity index (χ2n) is 5.49. The second kappa shape index (κ2) is 8.29. The maximum Gasteiger partial charge on any atom is 0.255 e. The standard InChI is InChI=1S/C18H16IN3OS2/c1-11-8-15(19)6-7-16(11)20-17(23)14-5-3-4-13(9-14)10-24-18-22-21-12(2)25-18/h3-9H,10H2,1-2H3,(H,20,23). The van der Waals surface area contributed by atoms with Crippen molar-refractivity contribution in [1.29, 1.82) is 0 Å². The van der Waals surface area contributed by atoms with E-state index in [2.05, 4.69) is 38.1 Å². The number of hydrogen-bond acceptors (Lipinski definition) is 5. The molecule has 4 nitrogen and oxygen atoms in total. The molecule has 3 rings (SSSR count). The number of aromatic nitrogens is 2. The summed E-state index contributed by atoms with van der Waals surface area (Å²) in [5, 5.41) is 12.1. The number of amides is 1. The Balaban J connectivity index is 1.68. The van der Waals surface area contributed by atoms with Crippen molar-refractivity contribution < 1.29 is 4.79 Å². The SMILES string of the molecule is Cc1nnc(SCc2cccc(C(=O)Nc3ccc(I)cc3C)c2)s1. The van der Waals surface area contributed by atoms with Gasteiger partial charge in [-0.25, -0.2) is 0 Å². The summed E-state index contributed by atoms with van der Waals surface area (Å²) in [6, 6.07) is 13.7. The lowest BCUT2D eigenvalue weighted by Crippen LogP contribution is -2.13. The van der Waals surface area contributed by atoms with Crippen LogP contribution in [0.3, 0.4) is 0 Å². The van der Waals surface area contributed by atoms with Gasteiger partial charge in [-0.2, -0.15) is 0 Å². The van der Waals surface area contributed by atoms with Crippen LogP contribution in [0.15, 0.2) is 46.8 Å². The quantitative estimate of drug-likeness (QED) is 0.397. The normalized spacial score (nSPS) is 10.7.